The summed E-state index contributed by atoms with van der Waals surface area (Å²) in [5.41, 5.74) is -0.485. The molecule has 0 aliphatic rings. The molecule has 0 aliphatic heterocycles. The van der Waals surface area contributed by atoms with Gasteiger partial charge in [0.1, 0.15) is 10.7 Å². The van der Waals surface area contributed by atoms with Crippen LogP contribution in [0.1, 0.15) is 53.2 Å². The van der Waals surface area contributed by atoms with Crippen molar-refractivity contribution in [3.05, 3.63) is 16.5 Å². The van der Waals surface area contributed by atoms with Crippen molar-refractivity contribution in [3.63, 3.8) is 0 Å². The van der Waals surface area contributed by atoms with Crippen LogP contribution >= 0.6 is 15.9 Å². The van der Waals surface area contributed by atoms with E-state index in [9.17, 15) is 8.42 Å². The van der Waals surface area contributed by atoms with Gasteiger partial charge in [-0.1, -0.05) is 27.2 Å². The smallest absolute Gasteiger partial charge is 0.245 e. The van der Waals surface area contributed by atoms with Gasteiger partial charge in [-0.15, -0.1) is 0 Å². The Labute approximate surface area is 136 Å². The molecule has 1 aromatic heterocycles. The van der Waals surface area contributed by atoms with E-state index in [0.29, 0.717) is 18.3 Å². The molecule has 0 atom stereocenters. The zero-order chi connectivity index (χ0) is 16.3. The molecule has 7 heteroatoms. The van der Waals surface area contributed by atoms with Crippen LogP contribution in [0.3, 0.4) is 0 Å². The minimum absolute atomic E-state index is 0.146. The third-order valence-corrected chi connectivity index (χ3v) is 5.52. The molecule has 5 nitrogen and oxygen atoms in total. The Hall–Kier alpha value is -0.370. The standard InChI is InChI=1S/C14H25BrN2O3S/c1-6-7-14(4,5)17-21(18,19)12-8-11(20-13(12)15)9-16-10(2)3/h8,10,16-17H,6-7,9H2,1-5H3. The van der Waals surface area contributed by atoms with Crippen molar-refractivity contribution < 1.29 is 12.8 Å². The summed E-state index contributed by atoms with van der Waals surface area (Å²) < 4.78 is 33.4. The van der Waals surface area contributed by atoms with Crippen molar-refractivity contribution in [2.75, 3.05) is 0 Å². The number of sulfonamides is 1. The normalized spacial score (nSPS) is 13.1. The van der Waals surface area contributed by atoms with Gasteiger partial charge in [0.05, 0.1) is 6.54 Å². The van der Waals surface area contributed by atoms with Crippen LogP contribution in [0.5, 0.6) is 0 Å². The average molecular weight is 381 g/mol. The predicted octanol–water partition coefficient (Wildman–Crippen LogP) is 3.40. The highest BCUT2D eigenvalue weighted by atomic mass is 79.9. The van der Waals surface area contributed by atoms with Crippen LogP contribution < -0.4 is 10.0 Å². The van der Waals surface area contributed by atoms with E-state index in [1.54, 1.807) is 6.07 Å². The molecule has 0 radical (unpaired) electrons. The monoisotopic (exact) mass is 380 g/mol. The van der Waals surface area contributed by atoms with E-state index < -0.39 is 15.6 Å². The number of rotatable bonds is 8. The van der Waals surface area contributed by atoms with Crippen molar-refractivity contribution >= 4 is 26.0 Å². The Morgan fingerprint density at radius 1 is 1.38 bits per heavy atom. The van der Waals surface area contributed by atoms with E-state index in [0.717, 1.165) is 12.8 Å². The first-order chi connectivity index (χ1) is 9.57. The van der Waals surface area contributed by atoms with E-state index in [1.807, 2.05) is 34.6 Å². The molecule has 0 amide bonds. The second kappa shape index (κ2) is 7.26. The van der Waals surface area contributed by atoms with Gasteiger partial charge >= 0.3 is 0 Å². The van der Waals surface area contributed by atoms with Crippen LogP contribution in [0.15, 0.2) is 20.0 Å². The molecule has 1 aromatic rings. The van der Waals surface area contributed by atoms with Crippen LogP contribution in [0.2, 0.25) is 0 Å². The molecule has 0 aromatic carbocycles. The fourth-order valence-electron chi connectivity index (χ4n) is 2.07. The first-order valence-corrected chi connectivity index (χ1v) is 9.40. The lowest BCUT2D eigenvalue weighted by molar-refractivity contribution is 0.416. The number of hydrogen-bond donors (Lipinski definition) is 2. The van der Waals surface area contributed by atoms with Gasteiger partial charge < -0.3 is 9.73 Å². The van der Waals surface area contributed by atoms with Crippen LogP contribution in [0, 0.1) is 0 Å². The Morgan fingerprint density at radius 2 is 2.00 bits per heavy atom. The van der Waals surface area contributed by atoms with Gasteiger partial charge in [0.15, 0.2) is 4.67 Å². The summed E-state index contributed by atoms with van der Waals surface area (Å²) >= 11 is 3.19. The lowest BCUT2D eigenvalue weighted by Gasteiger charge is -2.25. The highest BCUT2D eigenvalue weighted by Gasteiger charge is 2.29. The summed E-state index contributed by atoms with van der Waals surface area (Å²) in [6.45, 7) is 10.3. The molecule has 122 valence electrons. The fourth-order valence-corrected chi connectivity index (χ4v) is 4.51. The third-order valence-electron chi connectivity index (χ3n) is 2.97. The van der Waals surface area contributed by atoms with Gasteiger partial charge in [-0.3, -0.25) is 0 Å². The highest BCUT2D eigenvalue weighted by molar-refractivity contribution is 9.10. The molecular formula is C14H25BrN2O3S. The Bertz CT molecular complexity index is 565. The third kappa shape index (κ3) is 5.73. The SMILES string of the molecule is CCCC(C)(C)NS(=O)(=O)c1cc(CNC(C)C)oc1Br. The maximum atomic E-state index is 12.5. The van der Waals surface area contributed by atoms with Gasteiger partial charge in [0.2, 0.25) is 10.0 Å². The molecule has 0 bridgehead atoms. The Balaban J connectivity index is 2.93. The van der Waals surface area contributed by atoms with Gasteiger partial charge in [-0.05, 0) is 36.2 Å². The first kappa shape index (κ1) is 18.7. The highest BCUT2D eigenvalue weighted by Crippen LogP contribution is 2.27. The molecule has 1 heterocycles. The van der Waals surface area contributed by atoms with Crippen molar-refractivity contribution in [3.8, 4) is 0 Å². The second-order valence-corrected chi connectivity index (χ2v) is 8.50. The molecule has 0 spiro atoms. The van der Waals surface area contributed by atoms with E-state index in [-0.39, 0.29) is 9.56 Å². The summed E-state index contributed by atoms with van der Waals surface area (Å²) in [6, 6.07) is 1.86. The average Bonchev–Trinajstić information content (AvgIpc) is 2.67. The predicted molar refractivity (Wildman–Crippen MR) is 87.7 cm³/mol. The largest absolute Gasteiger partial charge is 0.452 e. The van der Waals surface area contributed by atoms with Gasteiger partial charge in [-0.2, -0.15) is 0 Å². The van der Waals surface area contributed by atoms with E-state index in [2.05, 4.69) is 26.0 Å². The van der Waals surface area contributed by atoms with Crippen LogP contribution in [0.25, 0.3) is 0 Å². The van der Waals surface area contributed by atoms with E-state index in [1.165, 1.54) is 0 Å². The quantitative estimate of drug-likeness (QED) is 0.724. The zero-order valence-corrected chi connectivity index (χ0v) is 15.7. The minimum Gasteiger partial charge on any atom is -0.452 e. The molecule has 0 aliphatic carbocycles. The zero-order valence-electron chi connectivity index (χ0n) is 13.3. The summed E-state index contributed by atoms with van der Waals surface area (Å²) in [5.74, 6) is 0.587. The van der Waals surface area contributed by atoms with Crippen LogP contribution in [-0.2, 0) is 16.6 Å². The van der Waals surface area contributed by atoms with Crippen LogP contribution in [0.4, 0.5) is 0 Å². The Kier molecular flexibility index (Phi) is 6.46. The molecular weight excluding hydrogens is 356 g/mol. The first-order valence-electron chi connectivity index (χ1n) is 7.13. The molecule has 0 saturated heterocycles. The molecule has 0 saturated carbocycles. The summed E-state index contributed by atoms with van der Waals surface area (Å²) in [7, 11) is -3.61. The molecule has 2 N–H and O–H groups in total. The maximum Gasteiger partial charge on any atom is 0.245 e. The summed E-state index contributed by atoms with van der Waals surface area (Å²) in [5, 5.41) is 3.19. The molecule has 1 rings (SSSR count). The number of nitrogens with one attached hydrogen (secondary N) is 2. The second-order valence-electron chi connectivity index (χ2n) is 6.13. The fraction of sp³-hybridized carbons (Fsp3) is 0.714. The summed E-state index contributed by atoms with van der Waals surface area (Å²) in [6.07, 6.45) is 1.68. The molecule has 0 fully saturated rings. The summed E-state index contributed by atoms with van der Waals surface area (Å²) in [4.78, 5) is 0.146. The topological polar surface area (TPSA) is 71.3 Å². The van der Waals surface area contributed by atoms with Gasteiger partial charge in [-0.25, -0.2) is 13.1 Å². The van der Waals surface area contributed by atoms with Gasteiger partial charge in [0.25, 0.3) is 0 Å². The van der Waals surface area contributed by atoms with Crippen molar-refractivity contribution in [2.24, 2.45) is 0 Å². The lowest BCUT2D eigenvalue weighted by atomic mass is 10.0. The van der Waals surface area contributed by atoms with Crippen LogP contribution in [-0.4, -0.2) is 20.0 Å². The number of furan rings is 1. The van der Waals surface area contributed by atoms with Crippen molar-refractivity contribution in [2.45, 2.75) is 70.5 Å². The molecule has 0 unspecified atom stereocenters. The minimum atomic E-state index is -3.61. The maximum absolute atomic E-state index is 12.5. The number of halogens is 1. The Morgan fingerprint density at radius 3 is 2.52 bits per heavy atom. The van der Waals surface area contributed by atoms with Gasteiger partial charge in [0, 0.05) is 17.6 Å². The van der Waals surface area contributed by atoms with E-state index >= 15 is 0 Å². The van der Waals surface area contributed by atoms with E-state index in [4.69, 9.17) is 4.42 Å². The lowest BCUT2D eigenvalue weighted by Crippen LogP contribution is -2.43. The van der Waals surface area contributed by atoms with Crippen molar-refractivity contribution in [1.29, 1.82) is 0 Å². The number of hydrogen-bond acceptors (Lipinski definition) is 4. The molecule has 21 heavy (non-hydrogen) atoms. The van der Waals surface area contributed by atoms with Crippen molar-refractivity contribution in [1.82, 2.24) is 10.0 Å².